The van der Waals surface area contributed by atoms with Crippen molar-refractivity contribution in [1.82, 2.24) is 5.32 Å². The minimum atomic E-state index is -0.284. The molecule has 0 radical (unpaired) electrons. The lowest BCUT2D eigenvalue weighted by Gasteiger charge is -2.63. The summed E-state index contributed by atoms with van der Waals surface area (Å²) in [6, 6.07) is 0.223. The fraction of sp³-hybridized carbons (Fsp3) is 0.929. The van der Waals surface area contributed by atoms with Gasteiger partial charge in [0.05, 0.1) is 0 Å². The van der Waals surface area contributed by atoms with Crippen LogP contribution in [0.25, 0.3) is 0 Å². The molecule has 2 fully saturated rings. The zero-order valence-corrected chi connectivity index (χ0v) is 12.1. The van der Waals surface area contributed by atoms with E-state index in [9.17, 15) is 4.79 Å². The summed E-state index contributed by atoms with van der Waals surface area (Å²) in [5, 5.41) is 3.16. The molecule has 1 saturated heterocycles. The van der Waals surface area contributed by atoms with E-state index in [2.05, 4.69) is 39.9 Å². The number of nitrogens with one attached hydrogen (secondary N) is 1. The Labute approximate surface area is 110 Å². The van der Waals surface area contributed by atoms with Crippen molar-refractivity contribution < 1.29 is 9.53 Å². The molecule has 3 N–H and O–H groups in total. The first-order valence-corrected chi connectivity index (χ1v) is 6.86. The Kier molecular flexibility index (Phi) is 3.23. The van der Waals surface area contributed by atoms with Crippen molar-refractivity contribution in [3.63, 3.8) is 0 Å². The number of carbonyl (C=O) groups excluding carboxylic acids is 1. The molecule has 2 aliphatic rings. The van der Waals surface area contributed by atoms with Crippen molar-refractivity contribution >= 4 is 5.91 Å². The molecule has 1 aliphatic carbocycles. The van der Waals surface area contributed by atoms with Crippen LogP contribution in [-0.4, -0.2) is 30.7 Å². The Morgan fingerprint density at radius 3 is 2.28 bits per heavy atom. The molecule has 4 nitrogen and oxygen atoms in total. The van der Waals surface area contributed by atoms with E-state index in [1.165, 1.54) is 0 Å². The van der Waals surface area contributed by atoms with E-state index in [1.54, 1.807) is 0 Å². The van der Waals surface area contributed by atoms with Crippen LogP contribution < -0.4 is 11.1 Å². The lowest BCUT2D eigenvalue weighted by molar-refractivity contribution is -0.142. The molecular weight excluding hydrogens is 228 g/mol. The third-order valence-electron chi connectivity index (χ3n) is 5.02. The zero-order chi connectivity index (χ0) is 13.7. The number of hydrogen-bond acceptors (Lipinski definition) is 3. The lowest BCUT2D eigenvalue weighted by Crippen LogP contribution is -2.76. The van der Waals surface area contributed by atoms with Gasteiger partial charge in [-0.05, 0) is 12.3 Å². The van der Waals surface area contributed by atoms with Gasteiger partial charge in [0, 0.05) is 29.5 Å². The molecule has 1 amide bonds. The Hall–Kier alpha value is -0.610. The van der Waals surface area contributed by atoms with Crippen LogP contribution in [0.3, 0.4) is 0 Å². The van der Waals surface area contributed by atoms with E-state index in [-0.39, 0.29) is 34.9 Å². The second kappa shape index (κ2) is 4.20. The number of nitrogens with two attached hydrogens (primary N) is 1. The molecule has 0 bridgehead atoms. The van der Waals surface area contributed by atoms with Crippen LogP contribution >= 0.6 is 0 Å². The molecule has 2 unspecified atom stereocenters. The molecule has 2 rings (SSSR count). The third-order valence-corrected chi connectivity index (χ3v) is 5.02. The summed E-state index contributed by atoms with van der Waals surface area (Å²) < 4.78 is 5.52. The van der Waals surface area contributed by atoms with Gasteiger partial charge >= 0.3 is 0 Å². The Balaban J connectivity index is 2.03. The molecule has 18 heavy (non-hydrogen) atoms. The highest BCUT2D eigenvalue weighted by molar-refractivity contribution is 5.82. The van der Waals surface area contributed by atoms with E-state index < -0.39 is 0 Å². The largest absolute Gasteiger partial charge is 0.368 e. The van der Waals surface area contributed by atoms with E-state index >= 15 is 0 Å². The predicted octanol–water partition coefficient (Wildman–Crippen LogP) is 1.29. The van der Waals surface area contributed by atoms with Gasteiger partial charge in [-0.25, -0.2) is 0 Å². The fourth-order valence-corrected chi connectivity index (χ4v) is 3.81. The van der Waals surface area contributed by atoms with Crippen LogP contribution in [0.5, 0.6) is 0 Å². The summed E-state index contributed by atoms with van der Waals surface area (Å²) in [5.74, 6) is 0.336. The SMILES string of the molecule is CC1CCOC1C(=O)NC1C(C)(C)C(N)C1(C)C. The molecule has 1 aliphatic heterocycles. The summed E-state index contributed by atoms with van der Waals surface area (Å²) in [5.41, 5.74) is 6.09. The maximum absolute atomic E-state index is 12.3. The molecule has 0 aromatic rings. The summed E-state index contributed by atoms with van der Waals surface area (Å²) in [7, 11) is 0. The molecule has 1 saturated carbocycles. The van der Waals surface area contributed by atoms with Gasteiger partial charge in [-0.2, -0.15) is 0 Å². The van der Waals surface area contributed by atoms with E-state index in [0.717, 1.165) is 6.42 Å². The Morgan fingerprint density at radius 2 is 1.83 bits per heavy atom. The average Bonchev–Trinajstić information content (AvgIpc) is 2.70. The Morgan fingerprint density at radius 1 is 1.28 bits per heavy atom. The Bertz CT molecular complexity index is 336. The summed E-state index contributed by atoms with van der Waals surface area (Å²) >= 11 is 0. The zero-order valence-electron chi connectivity index (χ0n) is 12.1. The molecule has 104 valence electrons. The van der Waals surface area contributed by atoms with Crippen LogP contribution in [0.4, 0.5) is 0 Å². The third kappa shape index (κ3) is 1.86. The standard InChI is InChI=1S/C14H26N2O2/c1-8-6-7-18-9(8)10(17)16-12-13(2,3)11(15)14(12,4)5/h8-9,11-12H,6-7,15H2,1-5H3,(H,16,17). The molecule has 0 spiro atoms. The number of amides is 1. The maximum atomic E-state index is 12.3. The monoisotopic (exact) mass is 254 g/mol. The van der Waals surface area contributed by atoms with Gasteiger partial charge in [-0.1, -0.05) is 34.6 Å². The van der Waals surface area contributed by atoms with Crippen molar-refractivity contribution in [3.8, 4) is 0 Å². The molecule has 2 atom stereocenters. The predicted molar refractivity (Wildman–Crippen MR) is 71.0 cm³/mol. The van der Waals surface area contributed by atoms with E-state index in [1.807, 2.05) is 0 Å². The molecule has 1 heterocycles. The topological polar surface area (TPSA) is 64.3 Å². The van der Waals surface area contributed by atoms with Gasteiger partial charge in [0.25, 0.3) is 0 Å². The fourth-order valence-electron chi connectivity index (χ4n) is 3.81. The van der Waals surface area contributed by atoms with E-state index in [4.69, 9.17) is 10.5 Å². The van der Waals surface area contributed by atoms with Crippen LogP contribution in [0.15, 0.2) is 0 Å². The first kappa shape index (κ1) is 13.8. The van der Waals surface area contributed by atoms with Gasteiger partial charge in [0.1, 0.15) is 6.10 Å². The van der Waals surface area contributed by atoms with Crippen LogP contribution in [0.2, 0.25) is 0 Å². The molecule has 0 aromatic carbocycles. The molecule has 4 heteroatoms. The first-order valence-electron chi connectivity index (χ1n) is 6.86. The van der Waals surface area contributed by atoms with Gasteiger partial charge in [-0.15, -0.1) is 0 Å². The van der Waals surface area contributed by atoms with Crippen molar-refractivity contribution in [3.05, 3.63) is 0 Å². The minimum absolute atomic E-state index is 0.0260. The summed E-state index contributed by atoms with van der Waals surface area (Å²) in [6.45, 7) is 11.2. The second-order valence-electron chi connectivity index (χ2n) is 7.12. The van der Waals surface area contributed by atoms with Gasteiger partial charge in [-0.3, -0.25) is 4.79 Å². The number of rotatable bonds is 2. The average molecular weight is 254 g/mol. The van der Waals surface area contributed by atoms with E-state index in [0.29, 0.717) is 12.5 Å². The normalized spacial score (nSPS) is 41.2. The van der Waals surface area contributed by atoms with Crippen LogP contribution in [0.1, 0.15) is 41.0 Å². The van der Waals surface area contributed by atoms with Gasteiger partial charge < -0.3 is 15.8 Å². The molecule has 0 aromatic heterocycles. The molecular formula is C14H26N2O2. The van der Waals surface area contributed by atoms with Gasteiger partial charge in [0.15, 0.2) is 0 Å². The lowest BCUT2D eigenvalue weighted by atomic mass is 9.48. The highest BCUT2D eigenvalue weighted by atomic mass is 16.5. The van der Waals surface area contributed by atoms with Crippen LogP contribution in [0, 0.1) is 16.7 Å². The highest BCUT2D eigenvalue weighted by Gasteiger charge is 2.60. The van der Waals surface area contributed by atoms with Crippen LogP contribution in [-0.2, 0) is 9.53 Å². The number of ether oxygens (including phenoxy) is 1. The summed E-state index contributed by atoms with van der Waals surface area (Å²) in [6.07, 6.45) is 0.683. The highest BCUT2D eigenvalue weighted by Crippen LogP contribution is 2.52. The van der Waals surface area contributed by atoms with Crippen molar-refractivity contribution in [1.29, 1.82) is 0 Å². The first-order chi connectivity index (χ1) is 8.19. The van der Waals surface area contributed by atoms with Crippen molar-refractivity contribution in [2.45, 2.75) is 59.2 Å². The maximum Gasteiger partial charge on any atom is 0.249 e. The smallest absolute Gasteiger partial charge is 0.249 e. The number of carbonyl (C=O) groups is 1. The van der Waals surface area contributed by atoms with Crippen molar-refractivity contribution in [2.24, 2.45) is 22.5 Å². The quantitative estimate of drug-likeness (QED) is 0.780. The van der Waals surface area contributed by atoms with Gasteiger partial charge in [0.2, 0.25) is 5.91 Å². The second-order valence-corrected chi connectivity index (χ2v) is 7.12. The minimum Gasteiger partial charge on any atom is -0.368 e. The van der Waals surface area contributed by atoms with Crippen molar-refractivity contribution in [2.75, 3.05) is 6.61 Å². The summed E-state index contributed by atoms with van der Waals surface area (Å²) in [4.78, 5) is 12.3. The number of hydrogen-bond donors (Lipinski definition) is 2.